The molecule has 1 saturated heterocycles. The van der Waals surface area contributed by atoms with Gasteiger partial charge in [0.05, 0.1) is 31.5 Å². The third-order valence-electron chi connectivity index (χ3n) is 5.04. The monoisotopic (exact) mass is 379 g/mol. The highest BCUT2D eigenvalue weighted by Crippen LogP contribution is 2.35. The van der Waals surface area contributed by atoms with E-state index in [-0.39, 0.29) is 5.91 Å². The van der Waals surface area contributed by atoms with Gasteiger partial charge in [-0.05, 0) is 12.8 Å². The van der Waals surface area contributed by atoms with Gasteiger partial charge >= 0.3 is 0 Å². The molecule has 0 radical (unpaired) electrons. The Kier molecular flexibility index (Phi) is 6.40. The first kappa shape index (κ1) is 19.0. The summed E-state index contributed by atoms with van der Waals surface area (Å²) in [5, 5.41) is 3.36. The Bertz CT molecular complexity index is 664. The summed E-state index contributed by atoms with van der Waals surface area (Å²) < 4.78 is 10.5. The Morgan fingerprint density at radius 1 is 1.15 bits per heavy atom. The smallest absolute Gasteiger partial charge is 0.238 e. The van der Waals surface area contributed by atoms with Crippen molar-refractivity contribution in [1.82, 2.24) is 9.80 Å². The lowest BCUT2D eigenvalue weighted by Gasteiger charge is -2.36. The molecule has 0 atom stereocenters. The first-order valence-electron chi connectivity index (χ1n) is 8.93. The van der Waals surface area contributed by atoms with Crippen molar-refractivity contribution in [3.05, 3.63) is 29.3 Å². The van der Waals surface area contributed by atoms with Crippen LogP contribution < -0.4 is 14.8 Å². The van der Waals surface area contributed by atoms with E-state index in [1.807, 2.05) is 0 Å². The molecule has 0 unspecified atom stereocenters. The van der Waals surface area contributed by atoms with E-state index in [9.17, 15) is 4.79 Å². The molecule has 7 heteroatoms. The Morgan fingerprint density at radius 2 is 1.81 bits per heavy atom. The zero-order valence-electron chi connectivity index (χ0n) is 15.3. The van der Waals surface area contributed by atoms with Gasteiger partial charge in [0.25, 0.3) is 0 Å². The van der Waals surface area contributed by atoms with Gasteiger partial charge in [0, 0.05) is 44.4 Å². The SMILES string of the molecule is COc1cc(NC(=O)CN2CCC(N3CC=CC3)CC2)c(OC)cc1Cl. The maximum absolute atomic E-state index is 12.5. The number of ether oxygens (including phenoxy) is 2. The molecule has 1 aromatic carbocycles. The largest absolute Gasteiger partial charge is 0.495 e. The van der Waals surface area contributed by atoms with Crippen molar-refractivity contribution in [3.63, 3.8) is 0 Å². The highest BCUT2D eigenvalue weighted by molar-refractivity contribution is 6.32. The number of benzene rings is 1. The van der Waals surface area contributed by atoms with Crippen LogP contribution in [0.5, 0.6) is 11.5 Å². The maximum Gasteiger partial charge on any atom is 0.238 e. The summed E-state index contributed by atoms with van der Waals surface area (Å²) in [6, 6.07) is 3.96. The minimum atomic E-state index is -0.0611. The number of carbonyl (C=O) groups excluding carboxylic acids is 1. The fourth-order valence-electron chi connectivity index (χ4n) is 3.59. The molecule has 0 bridgehead atoms. The Balaban J connectivity index is 1.53. The van der Waals surface area contributed by atoms with Crippen molar-refractivity contribution < 1.29 is 14.3 Å². The highest BCUT2D eigenvalue weighted by atomic mass is 35.5. The van der Waals surface area contributed by atoms with Crippen molar-refractivity contribution >= 4 is 23.2 Å². The van der Waals surface area contributed by atoms with E-state index in [1.165, 1.54) is 0 Å². The zero-order valence-corrected chi connectivity index (χ0v) is 16.1. The van der Waals surface area contributed by atoms with Crippen molar-refractivity contribution in [2.45, 2.75) is 18.9 Å². The number of anilines is 1. The third kappa shape index (κ3) is 4.50. The van der Waals surface area contributed by atoms with Crippen LogP contribution in [0.1, 0.15) is 12.8 Å². The molecule has 0 aliphatic carbocycles. The van der Waals surface area contributed by atoms with Gasteiger partial charge in [0.15, 0.2) is 0 Å². The predicted molar refractivity (Wildman–Crippen MR) is 103 cm³/mol. The second kappa shape index (κ2) is 8.75. The fourth-order valence-corrected chi connectivity index (χ4v) is 3.82. The summed E-state index contributed by atoms with van der Waals surface area (Å²) in [5.74, 6) is 0.959. The molecule has 0 aromatic heterocycles. The van der Waals surface area contributed by atoms with E-state index in [4.69, 9.17) is 21.1 Å². The van der Waals surface area contributed by atoms with Crippen LogP contribution in [-0.2, 0) is 4.79 Å². The standard InChI is InChI=1S/C19H26ClN3O3/c1-25-17-12-16(18(26-2)11-15(17)20)21-19(24)13-22-9-5-14(6-10-22)23-7-3-4-8-23/h3-4,11-12,14H,5-10,13H2,1-2H3,(H,21,24). The molecule has 2 heterocycles. The van der Waals surface area contributed by atoms with Gasteiger partial charge in [0.2, 0.25) is 5.91 Å². The minimum absolute atomic E-state index is 0.0611. The van der Waals surface area contributed by atoms with Gasteiger partial charge in [-0.15, -0.1) is 0 Å². The lowest BCUT2D eigenvalue weighted by Crippen LogP contribution is -2.46. The number of amides is 1. The molecule has 1 aromatic rings. The van der Waals surface area contributed by atoms with Crippen LogP contribution in [0.25, 0.3) is 0 Å². The third-order valence-corrected chi connectivity index (χ3v) is 5.33. The molecule has 2 aliphatic rings. The number of carbonyl (C=O) groups is 1. The molecule has 1 amide bonds. The van der Waals surface area contributed by atoms with E-state index < -0.39 is 0 Å². The molecule has 2 aliphatic heterocycles. The van der Waals surface area contributed by atoms with E-state index in [2.05, 4.69) is 27.3 Å². The topological polar surface area (TPSA) is 54.0 Å². The van der Waals surface area contributed by atoms with Crippen LogP contribution in [0, 0.1) is 0 Å². The van der Waals surface area contributed by atoms with Gasteiger partial charge in [-0.3, -0.25) is 14.6 Å². The molecule has 1 fully saturated rings. The summed E-state index contributed by atoms with van der Waals surface area (Å²) in [5.41, 5.74) is 0.566. The predicted octanol–water partition coefficient (Wildman–Crippen LogP) is 2.63. The van der Waals surface area contributed by atoms with Crippen LogP contribution in [0.4, 0.5) is 5.69 Å². The van der Waals surface area contributed by atoms with Gasteiger partial charge < -0.3 is 14.8 Å². The van der Waals surface area contributed by atoms with Gasteiger partial charge in [0.1, 0.15) is 11.5 Å². The molecule has 1 N–H and O–H groups in total. The number of hydrogen-bond donors (Lipinski definition) is 1. The van der Waals surface area contributed by atoms with Crippen molar-refractivity contribution in [2.24, 2.45) is 0 Å². The van der Waals surface area contributed by atoms with Gasteiger partial charge in [-0.1, -0.05) is 23.8 Å². The summed E-state index contributed by atoms with van der Waals surface area (Å²) in [6.07, 6.45) is 6.67. The summed E-state index contributed by atoms with van der Waals surface area (Å²) >= 11 is 6.11. The molecule has 6 nitrogen and oxygen atoms in total. The fraction of sp³-hybridized carbons (Fsp3) is 0.526. The Morgan fingerprint density at radius 3 is 2.42 bits per heavy atom. The van der Waals surface area contributed by atoms with Gasteiger partial charge in [-0.25, -0.2) is 0 Å². The molecule has 142 valence electrons. The normalized spacial score (nSPS) is 18.9. The number of likely N-dealkylation sites (tertiary alicyclic amines) is 1. The van der Waals surface area contributed by atoms with Crippen molar-refractivity contribution in [1.29, 1.82) is 0 Å². The van der Waals surface area contributed by atoms with Crippen molar-refractivity contribution in [3.8, 4) is 11.5 Å². The minimum Gasteiger partial charge on any atom is -0.495 e. The van der Waals surface area contributed by atoms with E-state index in [0.29, 0.717) is 34.8 Å². The zero-order chi connectivity index (χ0) is 18.5. The van der Waals surface area contributed by atoms with Gasteiger partial charge in [-0.2, -0.15) is 0 Å². The first-order chi connectivity index (χ1) is 12.6. The summed E-state index contributed by atoms with van der Waals surface area (Å²) in [6.45, 7) is 4.37. The van der Waals surface area contributed by atoms with Crippen LogP contribution in [0.2, 0.25) is 5.02 Å². The first-order valence-corrected chi connectivity index (χ1v) is 9.31. The second-order valence-corrected chi connectivity index (χ2v) is 7.08. The second-order valence-electron chi connectivity index (χ2n) is 6.67. The van der Waals surface area contributed by atoms with E-state index in [1.54, 1.807) is 26.4 Å². The van der Waals surface area contributed by atoms with Crippen LogP contribution in [0.15, 0.2) is 24.3 Å². The van der Waals surface area contributed by atoms with Crippen molar-refractivity contribution in [2.75, 3.05) is 52.3 Å². The van der Waals surface area contributed by atoms with E-state index >= 15 is 0 Å². The summed E-state index contributed by atoms with van der Waals surface area (Å²) in [7, 11) is 3.09. The molecule has 0 saturated carbocycles. The Hall–Kier alpha value is -1.76. The molecule has 26 heavy (non-hydrogen) atoms. The number of hydrogen-bond acceptors (Lipinski definition) is 5. The molecular weight excluding hydrogens is 354 g/mol. The highest BCUT2D eigenvalue weighted by Gasteiger charge is 2.25. The lowest BCUT2D eigenvalue weighted by atomic mass is 10.0. The molecular formula is C19H26ClN3O3. The van der Waals surface area contributed by atoms with Crippen LogP contribution >= 0.6 is 11.6 Å². The number of nitrogens with one attached hydrogen (secondary N) is 1. The Labute approximate surface area is 159 Å². The average Bonchev–Trinajstić information content (AvgIpc) is 3.18. The average molecular weight is 380 g/mol. The number of piperidine rings is 1. The number of methoxy groups -OCH3 is 2. The lowest BCUT2D eigenvalue weighted by molar-refractivity contribution is -0.117. The number of nitrogens with zero attached hydrogens (tertiary/aromatic N) is 2. The maximum atomic E-state index is 12.5. The quantitative estimate of drug-likeness (QED) is 0.770. The van der Waals surface area contributed by atoms with E-state index in [0.717, 1.165) is 39.0 Å². The molecule has 0 spiro atoms. The van der Waals surface area contributed by atoms with Crippen LogP contribution in [0.3, 0.4) is 0 Å². The van der Waals surface area contributed by atoms with Crippen LogP contribution in [-0.4, -0.2) is 68.7 Å². The number of halogens is 1. The summed E-state index contributed by atoms with van der Waals surface area (Å²) in [4.78, 5) is 17.2. The number of rotatable bonds is 6. The molecule has 3 rings (SSSR count).